The molecule has 0 spiro atoms. The maximum Gasteiger partial charge on any atom is 0.236 e. The van der Waals surface area contributed by atoms with Gasteiger partial charge in [-0.1, -0.05) is 13.8 Å². The fourth-order valence-corrected chi connectivity index (χ4v) is 3.73. The van der Waals surface area contributed by atoms with Crippen LogP contribution in [0.15, 0.2) is 15.9 Å². The number of thiophene rings is 1. The molecule has 4 nitrogen and oxygen atoms in total. The molecule has 2 atom stereocenters. The summed E-state index contributed by atoms with van der Waals surface area (Å²) in [7, 11) is 3.57. The van der Waals surface area contributed by atoms with E-state index in [9.17, 15) is 4.79 Å². The molecular weight excluding hydrogens is 338 g/mol. The van der Waals surface area contributed by atoms with Crippen molar-refractivity contribution in [2.24, 2.45) is 5.73 Å². The van der Waals surface area contributed by atoms with Gasteiger partial charge in [-0.05, 0) is 41.0 Å². The predicted molar refractivity (Wildman–Crippen MR) is 89.0 cm³/mol. The van der Waals surface area contributed by atoms with E-state index < -0.39 is 0 Å². The second-order valence-electron chi connectivity index (χ2n) is 5.01. The summed E-state index contributed by atoms with van der Waals surface area (Å²) in [4.78, 5) is 17.0. The summed E-state index contributed by atoms with van der Waals surface area (Å²) in [6.07, 6.45) is 0.882. The SMILES string of the molecule is CCC(N)C(c1ccc(Br)s1)N(CC)CC(=O)N(C)C. The van der Waals surface area contributed by atoms with Gasteiger partial charge < -0.3 is 10.6 Å². The zero-order valence-electron chi connectivity index (χ0n) is 12.6. The van der Waals surface area contributed by atoms with Crippen molar-refractivity contribution >= 4 is 33.2 Å². The van der Waals surface area contributed by atoms with Crippen molar-refractivity contribution < 1.29 is 4.79 Å². The molecule has 0 fully saturated rings. The highest BCUT2D eigenvalue weighted by atomic mass is 79.9. The zero-order chi connectivity index (χ0) is 15.3. The van der Waals surface area contributed by atoms with Gasteiger partial charge in [0.1, 0.15) is 0 Å². The summed E-state index contributed by atoms with van der Waals surface area (Å²) >= 11 is 5.19. The van der Waals surface area contributed by atoms with Crippen LogP contribution in [0, 0.1) is 0 Å². The Morgan fingerprint density at radius 2 is 2.05 bits per heavy atom. The van der Waals surface area contributed by atoms with Crippen molar-refractivity contribution in [3.8, 4) is 0 Å². The Morgan fingerprint density at radius 1 is 1.40 bits per heavy atom. The molecule has 0 radical (unpaired) electrons. The van der Waals surface area contributed by atoms with Crippen molar-refractivity contribution in [3.63, 3.8) is 0 Å². The number of halogens is 1. The first-order chi connectivity index (χ1) is 9.40. The van der Waals surface area contributed by atoms with Gasteiger partial charge >= 0.3 is 0 Å². The molecule has 1 heterocycles. The summed E-state index contributed by atoms with van der Waals surface area (Å²) in [5.74, 6) is 0.107. The fraction of sp³-hybridized carbons (Fsp3) is 0.643. The summed E-state index contributed by atoms with van der Waals surface area (Å²) in [6, 6.07) is 4.25. The van der Waals surface area contributed by atoms with E-state index in [2.05, 4.69) is 40.7 Å². The molecule has 1 rings (SSSR count). The minimum atomic E-state index is 0.0236. The van der Waals surface area contributed by atoms with Crippen LogP contribution in [0.4, 0.5) is 0 Å². The molecule has 0 aromatic carbocycles. The second-order valence-corrected chi connectivity index (χ2v) is 7.50. The zero-order valence-corrected chi connectivity index (χ0v) is 15.0. The molecule has 0 bridgehead atoms. The van der Waals surface area contributed by atoms with Gasteiger partial charge in [0.05, 0.1) is 16.4 Å². The number of likely N-dealkylation sites (N-methyl/N-ethyl adjacent to an activating group) is 2. The fourth-order valence-electron chi connectivity index (χ4n) is 2.09. The molecule has 0 saturated heterocycles. The Morgan fingerprint density at radius 3 is 2.45 bits per heavy atom. The van der Waals surface area contributed by atoms with Gasteiger partial charge in [-0.2, -0.15) is 0 Å². The smallest absolute Gasteiger partial charge is 0.236 e. The maximum absolute atomic E-state index is 12.0. The number of rotatable bonds is 7. The van der Waals surface area contributed by atoms with Crippen LogP contribution in [0.5, 0.6) is 0 Å². The average molecular weight is 362 g/mol. The quantitative estimate of drug-likeness (QED) is 0.811. The van der Waals surface area contributed by atoms with E-state index in [1.807, 2.05) is 6.07 Å². The summed E-state index contributed by atoms with van der Waals surface area (Å²) < 4.78 is 1.09. The van der Waals surface area contributed by atoms with Crippen LogP contribution in [0.25, 0.3) is 0 Å². The molecule has 1 aromatic rings. The molecule has 0 saturated carbocycles. The lowest BCUT2D eigenvalue weighted by atomic mass is 10.0. The number of carbonyl (C=O) groups excluding carboxylic acids is 1. The third-order valence-electron chi connectivity index (χ3n) is 3.40. The first kappa shape index (κ1) is 17.6. The van der Waals surface area contributed by atoms with E-state index in [1.54, 1.807) is 30.3 Å². The van der Waals surface area contributed by atoms with E-state index >= 15 is 0 Å². The first-order valence-corrected chi connectivity index (χ1v) is 8.46. The van der Waals surface area contributed by atoms with Crippen molar-refractivity contribution in [2.45, 2.75) is 32.4 Å². The molecule has 114 valence electrons. The highest BCUT2D eigenvalue weighted by molar-refractivity contribution is 9.11. The standard InChI is InChI=1S/C14H24BrN3OS/c1-5-10(16)14(11-7-8-12(15)20-11)18(6-2)9-13(19)17(3)4/h7-8,10,14H,5-6,9,16H2,1-4H3. The normalized spacial score (nSPS) is 14.3. The molecule has 0 aliphatic carbocycles. The van der Waals surface area contributed by atoms with Gasteiger partial charge in [0, 0.05) is 25.0 Å². The number of hydrogen-bond acceptors (Lipinski definition) is 4. The Labute approximate surface area is 134 Å². The van der Waals surface area contributed by atoms with Gasteiger partial charge in [-0.3, -0.25) is 9.69 Å². The van der Waals surface area contributed by atoms with E-state index in [-0.39, 0.29) is 18.0 Å². The van der Waals surface area contributed by atoms with E-state index in [0.29, 0.717) is 6.54 Å². The molecule has 1 aromatic heterocycles. The Bertz CT molecular complexity index is 436. The van der Waals surface area contributed by atoms with Crippen LogP contribution >= 0.6 is 27.3 Å². The molecule has 2 N–H and O–H groups in total. The van der Waals surface area contributed by atoms with E-state index in [0.717, 1.165) is 16.8 Å². The number of hydrogen-bond donors (Lipinski definition) is 1. The van der Waals surface area contributed by atoms with Crippen LogP contribution in [0.1, 0.15) is 31.2 Å². The lowest BCUT2D eigenvalue weighted by Crippen LogP contribution is -2.45. The number of carbonyl (C=O) groups is 1. The topological polar surface area (TPSA) is 49.6 Å². The summed E-state index contributed by atoms with van der Waals surface area (Å²) in [6.45, 7) is 5.35. The third kappa shape index (κ3) is 4.55. The first-order valence-electron chi connectivity index (χ1n) is 6.85. The summed E-state index contributed by atoms with van der Waals surface area (Å²) in [5, 5.41) is 0. The van der Waals surface area contributed by atoms with Gasteiger partial charge in [-0.25, -0.2) is 0 Å². The highest BCUT2D eigenvalue weighted by Crippen LogP contribution is 2.33. The Balaban J connectivity index is 2.98. The van der Waals surface area contributed by atoms with Crippen molar-refractivity contribution in [1.82, 2.24) is 9.80 Å². The van der Waals surface area contributed by atoms with Crippen molar-refractivity contribution in [1.29, 1.82) is 0 Å². The second kappa shape index (κ2) is 8.12. The monoisotopic (exact) mass is 361 g/mol. The van der Waals surface area contributed by atoms with Crippen molar-refractivity contribution in [2.75, 3.05) is 27.2 Å². The van der Waals surface area contributed by atoms with Crippen molar-refractivity contribution in [3.05, 3.63) is 20.8 Å². The molecule has 0 aliphatic rings. The van der Waals surface area contributed by atoms with E-state index in [1.165, 1.54) is 4.88 Å². The van der Waals surface area contributed by atoms with E-state index in [4.69, 9.17) is 5.73 Å². The Hall–Kier alpha value is -0.430. The van der Waals surface area contributed by atoms with Crippen LogP contribution in [0.2, 0.25) is 0 Å². The number of nitrogens with two attached hydrogens (primary N) is 1. The van der Waals surface area contributed by atoms with Crippen LogP contribution < -0.4 is 5.73 Å². The van der Waals surface area contributed by atoms with Gasteiger partial charge in [0.25, 0.3) is 0 Å². The molecular formula is C14H24BrN3OS. The minimum absolute atomic E-state index is 0.0236. The van der Waals surface area contributed by atoms with Gasteiger partial charge in [0.2, 0.25) is 5.91 Å². The highest BCUT2D eigenvalue weighted by Gasteiger charge is 2.27. The Kier molecular flexibility index (Phi) is 7.15. The average Bonchev–Trinajstić information content (AvgIpc) is 2.83. The lowest BCUT2D eigenvalue weighted by Gasteiger charge is -2.34. The van der Waals surface area contributed by atoms with Crippen LogP contribution in [-0.2, 0) is 4.79 Å². The largest absolute Gasteiger partial charge is 0.348 e. The third-order valence-corrected chi connectivity index (χ3v) is 5.09. The minimum Gasteiger partial charge on any atom is -0.348 e. The predicted octanol–water partition coefficient (Wildman–Crippen LogP) is 2.70. The number of amides is 1. The molecule has 1 amide bonds. The number of nitrogens with zero attached hydrogens (tertiary/aromatic N) is 2. The summed E-state index contributed by atoms with van der Waals surface area (Å²) in [5.41, 5.74) is 6.31. The van der Waals surface area contributed by atoms with Gasteiger partial charge in [-0.15, -0.1) is 11.3 Å². The molecule has 0 aliphatic heterocycles. The van der Waals surface area contributed by atoms with Gasteiger partial charge in [0.15, 0.2) is 0 Å². The molecule has 2 unspecified atom stereocenters. The maximum atomic E-state index is 12.0. The van der Waals surface area contributed by atoms with Crippen LogP contribution in [0.3, 0.4) is 0 Å². The lowest BCUT2D eigenvalue weighted by molar-refractivity contribution is -0.130. The molecule has 6 heteroatoms. The molecule has 20 heavy (non-hydrogen) atoms. The van der Waals surface area contributed by atoms with Crippen LogP contribution in [-0.4, -0.2) is 48.9 Å².